The summed E-state index contributed by atoms with van der Waals surface area (Å²) in [7, 11) is 0. The van der Waals surface area contributed by atoms with Crippen LogP contribution in [0.3, 0.4) is 0 Å². The van der Waals surface area contributed by atoms with Crippen LogP contribution in [0.5, 0.6) is 11.5 Å². The average molecular weight is 430 g/mol. The molecule has 0 fully saturated rings. The number of aryl methyl sites for hydroxylation is 1. The molecule has 6 nitrogen and oxygen atoms in total. The Bertz CT molecular complexity index is 1020. The Hall–Kier alpha value is -2.64. The molecule has 0 saturated carbocycles. The third-order valence-electron chi connectivity index (χ3n) is 4.42. The number of hydrogen-bond donors (Lipinski definition) is 2. The van der Waals surface area contributed by atoms with Crippen molar-refractivity contribution in [3.63, 3.8) is 0 Å². The summed E-state index contributed by atoms with van der Waals surface area (Å²) in [6, 6.07) is 13.5. The van der Waals surface area contributed by atoms with Crippen LogP contribution in [-0.2, 0) is 11.2 Å². The van der Waals surface area contributed by atoms with Crippen molar-refractivity contribution in [3.05, 3.63) is 64.4 Å². The molecule has 1 amide bonds. The van der Waals surface area contributed by atoms with Gasteiger partial charge in [0, 0.05) is 24.2 Å². The number of nitrogens with one attached hydrogen (secondary N) is 2. The molecule has 1 aliphatic rings. The number of thioether (sulfide) groups is 1. The Labute approximate surface area is 178 Å². The molecule has 4 rings (SSSR count). The Morgan fingerprint density at radius 2 is 1.93 bits per heavy atom. The first-order chi connectivity index (χ1) is 14.1. The third kappa shape index (κ3) is 4.86. The number of benzene rings is 2. The van der Waals surface area contributed by atoms with E-state index in [1.165, 1.54) is 17.3 Å². The number of rotatable bonds is 6. The fourth-order valence-electron chi connectivity index (χ4n) is 2.98. The number of imidazole rings is 1. The predicted molar refractivity (Wildman–Crippen MR) is 114 cm³/mol. The van der Waals surface area contributed by atoms with Crippen LogP contribution in [0.2, 0.25) is 5.02 Å². The van der Waals surface area contributed by atoms with E-state index in [0.717, 1.165) is 23.0 Å². The Balaban J connectivity index is 1.36. The van der Waals surface area contributed by atoms with Crippen molar-refractivity contribution in [3.8, 4) is 11.5 Å². The summed E-state index contributed by atoms with van der Waals surface area (Å²) in [6.45, 7) is 2.95. The lowest BCUT2D eigenvalue weighted by atomic mass is 10.1. The van der Waals surface area contributed by atoms with Gasteiger partial charge in [-0.2, -0.15) is 0 Å². The Kier molecular flexibility index (Phi) is 5.97. The predicted octanol–water partition coefficient (Wildman–Crippen LogP) is 4.46. The molecular formula is C21H20ClN3O3S. The van der Waals surface area contributed by atoms with Gasteiger partial charge in [0.2, 0.25) is 5.91 Å². The van der Waals surface area contributed by atoms with Crippen LogP contribution in [0.4, 0.5) is 5.69 Å². The summed E-state index contributed by atoms with van der Waals surface area (Å²) < 4.78 is 11.0. The normalized spacial score (nSPS) is 12.6. The van der Waals surface area contributed by atoms with Crippen molar-refractivity contribution in [1.29, 1.82) is 0 Å². The Morgan fingerprint density at radius 1 is 1.21 bits per heavy atom. The topological polar surface area (TPSA) is 76.2 Å². The highest BCUT2D eigenvalue weighted by Gasteiger charge is 2.17. The summed E-state index contributed by atoms with van der Waals surface area (Å²) in [5, 5.41) is 3.95. The number of carbonyl (C=O) groups excluding carboxylic acids is 1. The molecular weight excluding hydrogens is 410 g/mol. The van der Waals surface area contributed by atoms with Gasteiger partial charge in [-0.25, -0.2) is 4.98 Å². The number of H-pyrrole nitrogens is 1. The average Bonchev–Trinajstić information content (AvgIpc) is 3.07. The third-order valence-corrected chi connectivity index (χ3v) is 5.61. The molecule has 8 heteroatoms. The maximum atomic E-state index is 12.4. The number of aromatic amines is 1. The first-order valence-electron chi connectivity index (χ1n) is 9.19. The van der Waals surface area contributed by atoms with Crippen molar-refractivity contribution in [2.24, 2.45) is 0 Å². The second-order valence-corrected chi connectivity index (χ2v) is 7.96. The second-order valence-electron chi connectivity index (χ2n) is 6.59. The lowest BCUT2D eigenvalue weighted by Crippen LogP contribution is -2.17. The maximum absolute atomic E-state index is 12.4. The van der Waals surface area contributed by atoms with E-state index < -0.39 is 0 Å². The van der Waals surface area contributed by atoms with E-state index in [1.54, 1.807) is 12.1 Å². The number of fused-ring (bicyclic) bond motifs is 1. The monoisotopic (exact) mass is 429 g/mol. The van der Waals surface area contributed by atoms with E-state index in [-0.39, 0.29) is 11.7 Å². The molecule has 2 heterocycles. The number of anilines is 1. The zero-order valence-corrected chi connectivity index (χ0v) is 17.4. The van der Waals surface area contributed by atoms with Gasteiger partial charge in [0.15, 0.2) is 16.7 Å². The van der Waals surface area contributed by atoms with Crippen LogP contribution in [0, 0.1) is 6.92 Å². The summed E-state index contributed by atoms with van der Waals surface area (Å²) in [4.78, 5) is 20.3. The highest BCUT2D eigenvalue weighted by atomic mass is 35.5. The quantitative estimate of drug-likeness (QED) is 0.565. The van der Waals surface area contributed by atoms with Crippen molar-refractivity contribution in [1.82, 2.24) is 9.97 Å². The molecule has 0 unspecified atom stereocenters. The molecule has 0 saturated heterocycles. The largest absolute Gasteiger partial charge is 0.486 e. The molecule has 3 aromatic rings. The summed E-state index contributed by atoms with van der Waals surface area (Å²) in [6.07, 6.45) is 0.753. The SMILES string of the molecule is Cc1[nH]c(SCC(=O)Nc2cc3c(cc2Cl)OCCO3)nc1Cc1ccccc1. The molecule has 0 atom stereocenters. The molecule has 1 aromatic heterocycles. The maximum Gasteiger partial charge on any atom is 0.234 e. The van der Waals surface area contributed by atoms with E-state index in [9.17, 15) is 4.79 Å². The summed E-state index contributed by atoms with van der Waals surface area (Å²) in [5.74, 6) is 1.20. The van der Waals surface area contributed by atoms with Gasteiger partial charge in [0.25, 0.3) is 0 Å². The van der Waals surface area contributed by atoms with Gasteiger partial charge in [-0.1, -0.05) is 53.7 Å². The second kappa shape index (κ2) is 8.80. The molecule has 2 aromatic carbocycles. The van der Waals surface area contributed by atoms with Crippen molar-refractivity contribution < 1.29 is 14.3 Å². The summed E-state index contributed by atoms with van der Waals surface area (Å²) in [5.41, 5.74) is 3.69. The molecule has 2 N–H and O–H groups in total. The molecule has 0 aliphatic carbocycles. The van der Waals surface area contributed by atoms with Crippen molar-refractivity contribution in [2.45, 2.75) is 18.5 Å². The highest BCUT2D eigenvalue weighted by molar-refractivity contribution is 7.99. The van der Waals surface area contributed by atoms with Crippen LogP contribution in [-0.4, -0.2) is 34.8 Å². The van der Waals surface area contributed by atoms with Gasteiger partial charge in [0.1, 0.15) is 13.2 Å². The molecule has 150 valence electrons. The number of carbonyl (C=O) groups is 1. The van der Waals surface area contributed by atoms with Crippen LogP contribution in [0.15, 0.2) is 47.6 Å². The van der Waals surface area contributed by atoms with Crippen molar-refractivity contribution >= 4 is 35.0 Å². The number of ether oxygens (including phenoxy) is 2. The van der Waals surface area contributed by atoms with Crippen LogP contribution in [0.25, 0.3) is 0 Å². The number of aromatic nitrogens is 2. The van der Waals surface area contributed by atoms with Gasteiger partial charge in [-0.3, -0.25) is 4.79 Å². The Morgan fingerprint density at radius 3 is 2.69 bits per heavy atom. The number of halogens is 1. The van der Waals surface area contributed by atoms with Crippen LogP contribution in [0.1, 0.15) is 17.0 Å². The van der Waals surface area contributed by atoms with E-state index in [2.05, 4.69) is 27.4 Å². The van der Waals surface area contributed by atoms with Crippen LogP contribution < -0.4 is 14.8 Å². The molecule has 0 spiro atoms. The van der Waals surface area contributed by atoms with E-state index >= 15 is 0 Å². The minimum Gasteiger partial charge on any atom is -0.486 e. The van der Waals surface area contributed by atoms with Gasteiger partial charge >= 0.3 is 0 Å². The van der Waals surface area contributed by atoms with Gasteiger partial charge in [-0.15, -0.1) is 0 Å². The fraction of sp³-hybridized carbons (Fsp3) is 0.238. The first-order valence-corrected chi connectivity index (χ1v) is 10.6. The zero-order chi connectivity index (χ0) is 20.2. The summed E-state index contributed by atoms with van der Waals surface area (Å²) >= 11 is 7.60. The van der Waals surface area contributed by atoms with Gasteiger partial charge in [0.05, 0.1) is 22.2 Å². The van der Waals surface area contributed by atoms with E-state index in [0.29, 0.717) is 35.4 Å². The minimum atomic E-state index is -0.174. The van der Waals surface area contributed by atoms with Gasteiger partial charge in [-0.05, 0) is 12.5 Å². The fourth-order valence-corrected chi connectivity index (χ4v) is 3.92. The minimum absolute atomic E-state index is 0.174. The molecule has 29 heavy (non-hydrogen) atoms. The number of nitrogens with zero attached hydrogens (tertiary/aromatic N) is 1. The number of amides is 1. The molecule has 0 radical (unpaired) electrons. The zero-order valence-electron chi connectivity index (χ0n) is 15.8. The van der Waals surface area contributed by atoms with Gasteiger partial charge < -0.3 is 19.8 Å². The highest BCUT2D eigenvalue weighted by Crippen LogP contribution is 2.38. The van der Waals surface area contributed by atoms with E-state index in [4.69, 9.17) is 21.1 Å². The van der Waals surface area contributed by atoms with Crippen LogP contribution >= 0.6 is 23.4 Å². The number of hydrogen-bond acceptors (Lipinski definition) is 5. The molecule has 0 bridgehead atoms. The smallest absolute Gasteiger partial charge is 0.234 e. The lowest BCUT2D eigenvalue weighted by Gasteiger charge is -2.19. The standard InChI is InChI=1S/C21H20ClN3O3S/c1-13-16(9-14-5-3-2-4-6-14)25-21(23-13)29-12-20(26)24-17-11-19-18(10-15(17)22)27-7-8-28-19/h2-6,10-11H,7-9,12H2,1H3,(H,23,25)(H,24,26). The first kappa shape index (κ1) is 19.7. The van der Waals surface area contributed by atoms with E-state index in [1.807, 2.05) is 25.1 Å². The van der Waals surface area contributed by atoms with Crippen molar-refractivity contribution in [2.75, 3.05) is 24.3 Å². The molecule has 1 aliphatic heterocycles. The lowest BCUT2D eigenvalue weighted by molar-refractivity contribution is -0.113.